The summed E-state index contributed by atoms with van der Waals surface area (Å²) in [6.45, 7) is 1.97. The lowest BCUT2D eigenvalue weighted by Gasteiger charge is -2.17. The van der Waals surface area contributed by atoms with Crippen molar-refractivity contribution in [2.75, 3.05) is 5.09 Å². The molecule has 0 amide bonds. The molecule has 2 rings (SSSR count). The Balaban J connectivity index is 2.24. The van der Waals surface area contributed by atoms with Gasteiger partial charge in [-0.2, -0.15) is 0 Å². The van der Waals surface area contributed by atoms with Gasteiger partial charge in [-0.1, -0.05) is 25.1 Å². The molecule has 2 aromatic carbocycles. The number of aromatic hydroxyl groups is 2. The Labute approximate surface area is 128 Å². The predicted molar refractivity (Wildman–Crippen MR) is 84.0 cm³/mol. The van der Waals surface area contributed by atoms with Gasteiger partial charge in [0, 0.05) is 6.07 Å². The molecule has 1 atom stereocenters. The summed E-state index contributed by atoms with van der Waals surface area (Å²) in [4.78, 5) is 18.1. The lowest BCUT2D eigenvalue weighted by Crippen LogP contribution is -2.03. The first-order valence-electron chi connectivity index (χ1n) is 6.69. The largest absolute Gasteiger partial charge is 0.508 e. The Kier molecular flexibility index (Phi) is 4.76. The van der Waals surface area contributed by atoms with E-state index in [4.69, 9.17) is 9.79 Å². The van der Waals surface area contributed by atoms with Gasteiger partial charge in [0.25, 0.3) is 0 Å². The molecule has 0 radical (unpaired) electrons. The zero-order valence-corrected chi connectivity index (χ0v) is 12.9. The molecular weight excluding hydrogens is 305 g/mol. The molecule has 6 nitrogen and oxygen atoms in total. The van der Waals surface area contributed by atoms with Crippen molar-refractivity contribution < 1.29 is 24.6 Å². The first kappa shape index (κ1) is 16.4. The highest BCUT2D eigenvalue weighted by molar-refractivity contribution is 7.53. The van der Waals surface area contributed by atoms with Crippen LogP contribution in [-0.2, 0) is 11.0 Å². The van der Waals surface area contributed by atoms with Gasteiger partial charge in [-0.05, 0) is 41.7 Å². The maximum Gasteiger partial charge on any atom is 0.427 e. The van der Waals surface area contributed by atoms with Crippen molar-refractivity contribution in [3.05, 3.63) is 53.6 Å². The Morgan fingerprint density at radius 1 is 1.05 bits per heavy atom. The van der Waals surface area contributed by atoms with Crippen LogP contribution in [0.25, 0.3) is 0 Å². The van der Waals surface area contributed by atoms with Crippen molar-refractivity contribution in [1.29, 1.82) is 0 Å². The number of benzene rings is 2. The van der Waals surface area contributed by atoms with Crippen LogP contribution >= 0.6 is 7.75 Å². The number of hydrogen-bond donors (Lipinski definition) is 5. The Hall–Kier alpha value is -2.01. The van der Waals surface area contributed by atoms with E-state index in [1.54, 1.807) is 30.3 Å². The lowest BCUT2D eigenvalue weighted by molar-refractivity contribution is 0.380. The quantitative estimate of drug-likeness (QED) is 0.541. The summed E-state index contributed by atoms with van der Waals surface area (Å²) in [5.41, 5.74) is 1.88. The molecule has 22 heavy (non-hydrogen) atoms. The van der Waals surface area contributed by atoms with E-state index in [1.807, 2.05) is 6.92 Å². The monoisotopic (exact) mass is 323 g/mol. The van der Waals surface area contributed by atoms with Gasteiger partial charge in [0.1, 0.15) is 11.5 Å². The van der Waals surface area contributed by atoms with Gasteiger partial charge in [0.15, 0.2) is 0 Å². The van der Waals surface area contributed by atoms with E-state index in [-0.39, 0.29) is 23.1 Å². The van der Waals surface area contributed by atoms with Crippen LogP contribution in [0.3, 0.4) is 0 Å². The van der Waals surface area contributed by atoms with Crippen molar-refractivity contribution in [2.45, 2.75) is 19.3 Å². The second kappa shape index (κ2) is 6.40. The fourth-order valence-electron chi connectivity index (χ4n) is 2.25. The second-order valence-electron chi connectivity index (χ2n) is 5.19. The average molecular weight is 323 g/mol. The maximum absolute atomic E-state index is 11.1. The van der Waals surface area contributed by atoms with Crippen LogP contribution in [0.4, 0.5) is 5.69 Å². The summed E-state index contributed by atoms with van der Waals surface area (Å²) in [7, 11) is -4.45. The van der Waals surface area contributed by atoms with E-state index in [0.717, 1.165) is 5.56 Å². The highest BCUT2D eigenvalue weighted by Crippen LogP contribution is 2.39. The summed E-state index contributed by atoms with van der Waals surface area (Å²) in [6.07, 6.45) is 0.521. The molecule has 118 valence electrons. The molecule has 0 saturated heterocycles. The molecular formula is C15H18NO5P. The molecule has 0 heterocycles. The zero-order valence-electron chi connectivity index (χ0n) is 12.0. The SMILES string of the molecule is CC(Cc1ccc(O)cc1NP(=O)(O)O)c1ccc(O)cc1. The summed E-state index contributed by atoms with van der Waals surface area (Å²) in [5.74, 6) is 0.184. The maximum atomic E-state index is 11.1. The van der Waals surface area contributed by atoms with Gasteiger partial charge >= 0.3 is 7.75 Å². The normalized spacial score (nSPS) is 12.9. The van der Waals surface area contributed by atoms with Gasteiger partial charge in [0.2, 0.25) is 0 Å². The van der Waals surface area contributed by atoms with Crippen LogP contribution in [0.15, 0.2) is 42.5 Å². The molecule has 0 saturated carbocycles. The van der Waals surface area contributed by atoms with Gasteiger partial charge in [-0.15, -0.1) is 0 Å². The van der Waals surface area contributed by atoms with Crippen LogP contribution < -0.4 is 5.09 Å². The van der Waals surface area contributed by atoms with Gasteiger partial charge < -0.3 is 20.0 Å². The summed E-state index contributed by atoms with van der Waals surface area (Å²) >= 11 is 0. The van der Waals surface area contributed by atoms with Crippen molar-refractivity contribution in [1.82, 2.24) is 0 Å². The third-order valence-corrected chi connectivity index (χ3v) is 3.88. The molecule has 7 heteroatoms. The highest BCUT2D eigenvalue weighted by atomic mass is 31.2. The molecule has 0 aliphatic heterocycles. The van der Waals surface area contributed by atoms with Crippen molar-refractivity contribution in [3.63, 3.8) is 0 Å². The van der Waals surface area contributed by atoms with E-state index in [0.29, 0.717) is 12.0 Å². The number of hydrogen-bond acceptors (Lipinski definition) is 3. The smallest absolute Gasteiger partial charge is 0.427 e. The van der Waals surface area contributed by atoms with Crippen LogP contribution in [0, 0.1) is 0 Å². The van der Waals surface area contributed by atoms with E-state index in [1.165, 1.54) is 12.1 Å². The molecule has 5 N–H and O–H groups in total. The molecule has 0 fully saturated rings. The van der Waals surface area contributed by atoms with Crippen LogP contribution in [0.5, 0.6) is 11.5 Å². The van der Waals surface area contributed by atoms with Crippen molar-refractivity contribution in [3.8, 4) is 11.5 Å². The second-order valence-corrected chi connectivity index (χ2v) is 6.51. The Morgan fingerprint density at radius 3 is 2.23 bits per heavy atom. The first-order valence-corrected chi connectivity index (χ1v) is 8.30. The zero-order chi connectivity index (χ0) is 16.3. The molecule has 1 unspecified atom stereocenters. The minimum atomic E-state index is -4.45. The molecule has 2 aromatic rings. The van der Waals surface area contributed by atoms with Crippen LogP contribution in [-0.4, -0.2) is 20.0 Å². The predicted octanol–water partition coefficient (Wildman–Crippen LogP) is 2.95. The number of nitrogens with one attached hydrogen (secondary N) is 1. The third-order valence-electron chi connectivity index (χ3n) is 3.35. The van der Waals surface area contributed by atoms with Crippen molar-refractivity contribution in [2.24, 2.45) is 0 Å². The fourth-order valence-corrected chi connectivity index (χ4v) is 2.78. The summed E-state index contributed by atoms with van der Waals surface area (Å²) in [6, 6.07) is 11.2. The van der Waals surface area contributed by atoms with E-state index in [2.05, 4.69) is 5.09 Å². The summed E-state index contributed by atoms with van der Waals surface area (Å²) in [5, 5.41) is 20.9. The lowest BCUT2D eigenvalue weighted by atomic mass is 9.93. The Bertz CT molecular complexity index is 696. The topological polar surface area (TPSA) is 110 Å². The van der Waals surface area contributed by atoms with Crippen LogP contribution in [0.1, 0.15) is 24.0 Å². The van der Waals surface area contributed by atoms with E-state index >= 15 is 0 Å². The molecule has 0 spiro atoms. The first-order chi connectivity index (χ1) is 10.2. The minimum absolute atomic E-state index is 0.0717. The average Bonchev–Trinajstić information content (AvgIpc) is 2.41. The number of phenols is 2. The fraction of sp³-hybridized carbons (Fsp3) is 0.200. The third kappa shape index (κ3) is 4.49. The van der Waals surface area contributed by atoms with Crippen LogP contribution in [0.2, 0.25) is 0 Å². The standard InChI is InChI=1S/C15H18NO5P/c1-10(11-2-5-13(17)6-3-11)8-12-4-7-14(18)9-15(12)16-22(19,20)21/h2-7,9-10,17-18H,8H2,1H3,(H3,16,19,20,21). The highest BCUT2D eigenvalue weighted by Gasteiger charge is 2.17. The van der Waals surface area contributed by atoms with Gasteiger partial charge in [0.05, 0.1) is 5.69 Å². The minimum Gasteiger partial charge on any atom is -0.508 e. The van der Waals surface area contributed by atoms with Gasteiger partial charge in [-0.25, -0.2) is 4.57 Å². The van der Waals surface area contributed by atoms with E-state index < -0.39 is 7.75 Å². The number of anilines is 1. The Morgan fingerprint density at radius 2 is 1.64 bits per heavy atom. The summed E-state index contributed by atoms with van der Waals surface area (Å²) < 4.78 is 11.1. The molecule has 0 aliphatic carbocycles. The van der Waals surface area contributed by atoms with E-state index in [9.17, 15) is 14.8 Å². The van der Waals surface area contributed by atoms with Crippen molar-refractivity contribution >= 4 is 13.4 Å². The molecule has 0 bridgehead atoms. The number of phenolic OH excluding ortho intramolecular Hbond substituents is 2. The van der Waals surface area contributed by atoms with Gasteiger partial charge in [-0.3, -0.25) is 5.09 Å². The number of rotatable bonds is 5. The molecule has 0 aliphatic rings. The molecule has 0 aromatic heterocycles.